The molecule has 184 valence electrons. The van der Waals surface area contributed by atoms with Crippen molar-refractivity contribution in [1.29, 1.82) is 0 Å². The lowest BCUT2D eigenvalue weighted by molar-refractivity contribution is -0.122. The zero-order valence-electron chi connectivity index (χ0n) is 20.1. The van der Waals surface area contributed by atoms with Crippen LogP contribution in [0.25, 0.3) is 0 Å². The van der Waals surface area contributed by atoms with E-state index in [2.05, 4.69) is 15.5 Å². The number of hydrogen-bond acceptors (Lipinski definition) is 6. The van der Waals surface area contributed by atoms with Gasteiger partial charge >= 0.3 is 6.03 Å². The quantitative estimate of drug-likeness (QED) is 0.553. The van der Waals surface area contributed by atoms with Gasteiger partial charge in [0.15, 0.2) is 11.5 Å². The second kappa shape index (κ2) is 12.7. The first-order chi connectivity index (χ1) is 16.5. The minimum Gasteiger partial charge on any atom is -0.493 e. The van der Waals surface area contributed by atoms with Gasteiger partial charge in [0.1, 0.15) is 0 Å². The van der Waals surface area contributed by atoms with Crippen molar-refractivity contribution in [3.63, 3.8) is 0 Å². The number of piperazine rings is 1. The summed E-state index contributed by atoms with van der Waals surface area (Å²) in [5, 5.41) is 5.90. The van der Waals surface area contributed by atoms with E-state index in [-0.39, 0.29) is 11.9 Å². The summed E-state index contributed by atoms with van der Waals surface area (Å²) in [5.74, 6) is 1.65. The number of methoxy groups -OCH3 is 2. The van der Waals surface area contributed by atoms with E-state index in [4.69, 9.17) is 14.2 Å². The lowest BCUT2D eigenvalue weighted by atomic mass is 10.1. The van der Waals surface area contributed by atoms with Crippen LogP contribution in [0.5, 0.6) is 17.2 Å². The molecule has 34 heavy (non-hydrogen) atoms. The van der Waals surface area contributed by atoms with Crippen LogP contribution >= 0.6 is 0 Å². The van der Waals surface area contributed by atoms with Gasteiger partial charge in [0.25, 0.3) is 0 Å². The third-order valence-electron chi connectivity index (χ3n) is 5.61. The van der Waals surface area contributed by atoms with Gasteiger partial charge in [-0.3, -0.25) is 9.69 Å². The molecule has 1 fully saturated rings. The molecule has 0 atom stereocenters. The number of nitrogens with one attached hydrogen (secondary N) is 2. The third kappa shape index (κ3) is 7.02. The van der Waals surface area contributed by atoms with Gasteiger partial charge < -0.3 is 29.7 Å². The molecule has 0 spiro atoms. The van der Waals surface area contributed by atoms with Gasteiger partial charge in [-0.05, 0) is 30.2 Å². The van der Waals surface area contributed by atoms with Gasteiger partial charge in [0.05, 0.1) is 27.4 Å². The second-order valence-corrected chi connectivity index (χ2v) is 7.95. The SMILES string of the molecule is CCOc1c(OC)cc(CNC(=O)N2CCN(CC(=O)NCc3ccccc3)CC2)cc1OC. The molecule has 3 rings (SSSR count). The van der Waals surface area contributed by atoms with Crippen molar-refractivity contribution in [3.05, 3.63) is 53.6 Å². The molecule has 1 heterocycles. The molecule has 1 aliphatic rings. The molecule has 3 amide bonds. The molecule has 1 aliphatic heterocycles. The van der Waals surface area contributed by atoms with Gasteiger partial charge in [-0.15, -0.1) is 0 Å². The Kier molecular flexibility index (Phi) is 9.40. The van der Waals surface area contributed by atoms with Gasteiger partial charge in [-0.2, -0.15) is 0 Å². The average Bonchev–Trinajstić information content (AvgIpc) is 2.87. The van der Waals surface area contributed by atoms with Crippen LogP contribution in [0.2, 0.25) is 0 Å². The van der Waals surface area contributed by atoms with Crippen molar-refractivity contribution in [1.82, 2.24) is 20.4 Å². The van der Waals surface area contributed by atoms with E-state index in [9.17, 15) is 9.59 Å². The van der Waals surface area contributed by atoms with E-state index in [0.29, 0.717) is 69.7 Å². The Morgan fingerprint density at radius 3 is 2.09 bits per heavy atom. The van der Waals surface area contributed by atoms with Crippen LogP contribution in [0, 0.1) is 0 Å². The van der Waals surface area contributed by atoms with E-state index in [0.717, 1.165) is 11.1 Å². The zero-order valence-corrected chi connectivity index (χ0v) is 20.1. The minimum absolute atomic E-state index is 0.0138. The molecule has 0 aliphatic carbocycles. The smallest absolute Gasteiger partial charge is 0.317 e. The maximum Gasteiger partial charge on any atom is 0.317 e. The number of urea groups is 1. The van der Waals surface area contributed by atoms with Crippen LogP contribution in [-0.2, 0) is 17.9 Å². The highest BCUT2D eigenvalue weighted by atomic mass is 16.5. The standard InChI is InChI=1S/C25H34N4O5/c1-4-34-24-21(32-2)14-20(15-22(24)33-3)17-27-25(31)29-12-10-28(11-13-29)18-23(30)26-16-19-8-6-5-7-9-19/h5-9,14-15H,4,10-13,16-18H2,1-3H3,(H,26,30)(H,27,31). The molecule has 2 aromatic rings. The van der Waals surface area contributed by atoms with Crippen LogP contribution in [0.3, 0.4) is 0 Å². The van der Waals surface area contributed by atoms with Gasteiger partial charge in [-0.25, -0.2) is 4.79 Å². The molecule has 0 unspecified atom stereocenters. The van der Waals surface area contributed by atoms with E-state index in [1.165, 1.54) is 0 Å². The van der Waals surface area contributed by atoms with E-state index in [1.807, 2.05) is 49.4 Å². The summed E-state index contributed by atoms with van der Waals surface area (Å²) in [5.41, 5.74) is 1.92. The number of ether oxygens (including phenoxy) is 3. The number of benzene rings is 2. The number of hydrogen-bond donors (Lipinski definition) is 2. The summed E-state index contributed by atoms with van der Waals surface area (Å²) < 4.78 is 16.5. The normalized spacial score (nSPS) is 13.8. The molecule has 0 aromatic heterocycles. The summed E-state index contributed by atoms with van der Waals surface area (Å²) in [7, 11) is 3.14. The molecule has 0 bridgehead atoms. The van der Waals surface area contributed by atoms with Gasteiger partial charge in [0.2, 0.25) is 11.7 Å². The lowest BCUT2D eigenvalue weighted by Crippen LogP contribution is -2.53. The summed E-state index contributed by atoms with van der Waals surface area (Å²) in [6.07, 6.45) is 0. The fourth-order valence-corrected chi connectivity index (χ4v) is 3.78. The number of rotatable bonds is 10. The summed E-state index contributed by atoms with van der Waals surface area (Å²) in [6, 6.07) is 13.4. The minimum atomic E-state index is -0.139. The molecule has 9 nitrogen and oxygen atoms in total. The van der Waals surface area contributed by atoms with E-state index >= 15 is 0 Å². The van der Waals surface area contributed by atoms with Crippen LogP contribution in [-0.4, -0.2) is 75.3 Å². The summed E-state index contributed by atoms with van der Waals surface area (Å²) >= 11 is 0. The molecule has 2 aromatic carbocycles. The predicted octanol–water partition coefficient (Wildman–Crippen LogP) is 2.25. The molecular formula is C25H34N4O5. The van der Waals surface area contributed by atoms with Crippen molar-refractivity contribution in [2.45, 2.75) is 20.0 Å². The Hall–Kier alpha value is -3.46. The van der Waals surface area contributed by atoms with Gasteiger partial charge in [-0.1, -0.05) is 30.3 Å². The van der Waals surface area contributed by atoms with Crippen LogP contribution in [0.4, 0.5) is 4.79 Å². The fraction of sp³-hybridized carbons (Fsp3) is 0.440. The first-order valence-electron chi connectivity index (χ1n) is 11.5. The summed E-state index contributed by atoms with van der Waals surface area (Å²) in [6.45, 7) is 5.99. The Labute approximate surface area is 201 Å². The van der Waals surface area contributed by atoms with Crippen LogP contribution in [0.15, 0.2) is 42.5 Å². The monoisotopic (exact) mass is 470 g/mol. The number of amides is 3. The van der Waals surface area contributed by atoms with Crippen molar-refractivity contribution >= 4 is 11.9 Å². The van der Waals surface area contributed by atoms with Crippen LogP contribution < -0.4 is 24.8 Å². The Morgan fingerprint density at radius 1 is 0.882 bits per heavy atom. The van der Waals surface area contributed by atoms with Crippen LogP contribution in [0.1, 0.15) is 18.1 Å². The fourth-order valence-electron chi connectivity index (χ4n) is 3.78. The number of nitrogens with zero attached hydrogens (tertiary/aromatic N) is 2. The molecule has 1 saturated heterocycles. The van der Waals surface area contributed by atoms with Crippen molar-refractivity contribution < 1.29 is 23.8 Å². The highest BCUT2D eigenvalue weighted by Gasteiger charge is 2.22. The molecule has 9 heteroatoms. The summed E-state index contributed by atoms with van der Waals surface area (Å²) in [4.78, 5) is 28.7. The Bertz CT molecular complexity index is 921. The lowest BCUT2D eigenvalue weighted by Gasteiger charge is -2.34. The number of carbonyl (C=O) groups excluding carboxylic acids is 2. The molecule has 0 saturated carbocycles. The van der Waals surface area contributed by atoms with E-state index < -0.39 is 0 Å². The third-order valence-corrected chi connectivity index (χ3v) is 5.61. The first kappa shape index (κ1) is 25.2. The predicted molar refractivity (Wildman–Crippen MR) is 129 cm³/mol. The zero-order chi connectivity index (χ0) is 24.3. The average molecular weight is 471 g/mol. The largest absolute Gasteiger partial charge is 0.493 e. The van der Waals surface area contributed by atoms with Crippen molar-refractivity contribution in [2.75, 3.05) is 53.6 Å². The Morgan fingerprint density at radius 2 is 1.50 bits per heavy atom. The topological polar surface area (TPSA) is 92.4 Å². The highest BCUT2D eigenvalue weighted by molar-refractivity contribution is 5.78. The van der Waals surface area contributed by atoms with Crippen molar-refractivity contribution in [2.24, 2.45) is 0 Å². The number of carbonyl (C=O) groups is 2. The maximum atomic E-state index is 12.7. The van der Waals surface area contributed by atoms with E-state index in [1.54, 1.807) is 19.1 Å². The first-order valence-corrected chi connectivity index (χ1v) is 11.5. The second-order valence-electron chi connectivity index (χ2n) is 7.95. The van der Waals surface area contributed by atoms with Crippen molar-refractivity contribution in [3.8, 4) is 17.2 Å². The van der Waals surface area contributed by atoms with Gasteiger partial charge in [0, 0.05) is 39.3 Å². The molecule has 2 N–H and O–H groups in total. The molecular weight excluding hydrogens is 436 g/mol. The molecule has 0 radical (unpaired) electrons. The highest BCUT2D eigenvalue weighted by Crippen LogP contribution is 2.38. The maximum absolute atomic E-state index is 12.7. The Balaban J connectivity index is 1.43.